The van der Waals surface area contributed by atoms with Crippen molar-refractivity contribution in [1.82, 2.24) is 10.2 Å². The molecule has 20 heavy (non-hydrogen) atoms. The average Bonchev–Trinajstić information content (AvgIpc) is 2.72. The maximum Gasteiger partial charge on any atom is 0.0274 e. The molecule has 0 heterocycles. The first-order valence-electron chi connectivity index (χ1n) is 8.02. The summed E-state index contributed by atoms with van der Waals surface area (Å²) < 4.78 is 0. The summed E-state index contributed by atoms with van der Waals surface area (Å²) in [5.41, 5.74) is 1.82. The van der Waals surface area contributed by atoms with E-state index in [0.29, 0.717) is 17.5 Å². The first-order valence-corrected chi connectivity index (χ1v) is 8.02. The Labute approximate surface area is 124 Å². The smallest absolute Gasteiger partial charge is 0.0274 e. The Morgan fingerprint density at radius 3 is 2.60 bits per heavy atom. The molecule has 2 heteroatoms. The van der Waals surface area contributed by atoms with E-state index in [1.807, 2.05) is 0 Å². The Morgan fingerprint density at radius 2 is 1.95 bits per heavy atom. The molecular weight excluding hydrogens is 244 g/mol. The van der Waals surface area contributed by atoms with Gasteiger partial charge in [0.1, 0.15) is 0 Å². The van der Waals surface area contributed by atoms with Crippen LogP contribution in [0.5, 0.6) is 0 Å². The van der Waals surface area contributed by atoms with Gasteiger partial charge >= 0.3 is 0 Å². The van der Waals surface area contributed by atoms with Gasteiger partial charge in [0.15, 0.2) is 0 Å². The second-order valence-corrected chi connectivity index (χ2v) is 6.93. The van der Waals surface area contributed by atoms with Gasteiger partial charge in [-0.15, -0.1) is 0 Å². The third kappa shape index (κ3) is 3.62. The molecule has 0 spiro atoms. The van der Waals surface area contributed by atoms with Crippen molar-refractivity contribution in [2.24, 2.45) is 5.41 Å². The van der Waals surface area contributed by atoms with E-state index < -0.39 is 0 Å². The summed E-state index contributed by atoms with van der Waals surface area (Å²) in [6.07, 6.45) is 3.83. The summed E-state index contributed by atoms with van der Waals surface area (Å²) in [6, 6.07) is 12.1. The normalized spacial score (nSPS) is 25.2. The monoisotopic (exact) mass is 274 g/mol. The van der Waals surface area contributed by atoms with Crippen molar-refractivity contribution in [3.05, 3.63) is 35.9 Å². The summed E-state index contributed by atoms with van der Waals surface area (Å²) in [5.74, 6) is 0. The largest absolute Gasteiger partial charge is 0.312 e. The number of likely N-dealkylation sites (N-methyl/N-ethyl adjacent to an activating group) is 1. The van der Waals surface area contributed by atoms with Crippen LogP contribution in [-0.2, 0) is 6.54 Å². The Hall–Kier alpha value is -0.860. The molecule has 0 saturated heterocycles. The van der Waals surface area contributed by atoms with Crippen LogP contribution in [0.3, 0.4) is 0 Å². The van der Waals surface area contributed by atoms with Crippen molar-refractivity contribution in [1.29, 1.82) is 0 Å². The molecule has 1 aromatic rings. The van der Waals surface area contributed by atoms with Crippen LogP contribution >= 0.6 is 0 Å². The molecule has 0 aliphatic heterocycles. The van der Waals surface area contributed by atoms with E-state index in [-0.39, 0.29) is 0 Å². The fourth-order valence-corrected chi connectivity index (χ4v) is 3.54. The molecule has 0 aromatic heterocycles. The molecule has 112 valence electrons. The average molecular weight is 274 g/mol. The van der Waals surface area contributed by atoms with E-state index in [1.165, 1.54) is 24.8 Å². The summed E-state index contributed by atoms with van der Waals surface area (Å²) in [4.78, 5) is 2.54. The van der Waals surface area contributed by atoms with E-state index in [1.54, 1.807) is 0 Å². The highest BCUT2D eigenvalue weighted by molar-refractivity contribution is 5.15. The maximum absolute atomic E-state index is 3.80. The predicted molar refractivity (Wildman–Crippen MR) is 86.8 cm³/mol. The molecule has 0 bridgehead atoms. The molecule has 0 radical (unpaired) electrons. The lowest BCUT2D eigenvalue weighted by Crippen LogP contribution is -2.50. The molecule has 1 N–H and O–H groups in total. The van der Waals surface area contributed by atoms with E-state index >= 15 is 0 Å². The van der Waals surface area contributed by atoms with Crippen molar-refractivity contribution in [3.63, 3.8) is 0 Å². The first kappa shape index (κ1) is 15.5. The van der Waals surface area contributed by atoms with Gasteiger partial charge < -0.3 is 5.32 Å². The topological polar surface area (TPSA) is 15.3 Å². The quantitative estimate of drug-likeness (QED) is 0.851. The van der Waals surface area contributed by atoms with Crippen LogP contribution in [0.4, 0.5) is 0 Å². The van der Waals surface area contributed by atoms with Crippen LogP contribution in [0.2, 0.25) is 0 Å². The third-order valence-corrected chi connectivity index (χ3v) is 4.77. The molecule has 2 rings (SSSR count). The number of rotatable bonds is 6. The predicted octanol–water partition coefficient (Wildman–Crippen LogP) is 3.68. The van der Waals surface area contributed by atoms with E-state index in [2.05, 4.69) is 68.4 Å². The van der Waals surface area contributed by atoms with Gasteiger partial charge in [0.2, 0.25) is 0 Å². The van der Waals surface area contributed by atoms with Gasteiger partial charge in [-0.1, -0.05) is 51.1 Å². The number of hydrogen-bond donors (Lipinski definition) is 1. The standard InChI is InChI=1S/C18H30N2/c1-5-13-19-17-16(11-12-18(17,2)3)20(4)14-15-9-7-6-8-10-15/h6-10,16-17,19H,5,11-14H2,1-4H3. The van der Waals surface area contributed by atoms with E-state index in [9.17, 15) is 0 Å². The number of nitrogens with one attached hydrogen (secondary N) is 1. The third-order valence-electron chi connectivity index (χ3n) is 4.77. The van der Waals surface area contributed by atoms with Gasteiger partial charge in [-0.2, -0.15) is 0 Å². The molecule has 1 aromatic carbocycles. The molecule has 2 nitrogen and oxygen atoms in total. The van der Waals surface area contributed by atoms with Crippen LogP contribution in [0, 0.1) is 5.41 Å². The zero-order valence-electron chi connectivity index (χ0n) is 13.5. The summed E-state index contributed by atoms with van der Waals surface area (Å²) in [5, 5.41) is 3.80. The zero-order chi connectivity index (χ0) is 14.6. The fraction of sp³-hybridized carbons (Fsp3) is 0.667. The van der Waals surface area contributed by atoms with Gasteiger partial charge in [-0.05, 0) is 43.8 Å². The fourth-order valence-electron chi connectivity index (χ4n) is 3.54. The van der Waals surface area contributed by atoms with Gasteiger partial charge in [0.05, 0.1) is 0 Å². The highest BCUT2D eigenvalue weighted by Crippen LogP contribution is 2.39. The van der Waals surface area contributed by atoms with Gasteiger partial charge in [-0.25, -0.2) is 0 Å². The summed E-state index contributed by atoms with van der Waals surface area (Å²) >= 11 is 0. The molecule has 1 fully saturated rings. The van der Waals surface area contributed by atoms with Crippen LogP contribution in [0.25, 0.3) is 0 Å². The van der Waals surface area contributed by atoms with Crippen LogP contribution in [0.1, 0.15) is 45.6 Å². The first-order chi connectivity index (χ1) is 9.54. The van der Waals surface area contributed by atoms with Crippen LogP contribution in [-0.4, -0.2) is 30.6 Å². The van der Waals surface area contributed by atoms with Crippen LogP contribution < -0.4 is 5.32 Å². The molecular formula is C18H30N2. The lowest BCUT2D eigenvalue weighted by atomic mass is 9.86. The second-order valence-electron chi connectivity index (χ2n) is 6.93. The minimum Gasteiger partial charge on any atom is -0.312 e. The number of nitrogens with zero attached hydrogens (tertiary/aromatic N) is 1. The van der Waals surface area contributed by atoms with Crippen molar-refractivity contribution in [2.45, 2.75) is 58.7 Å². The Morgan fingerprint density at radius 1 is 1.25 bits per heavy atom. The second kappa shape index (κ2) is 6.73. The lowest BCUT2D eigenvalue weighted by Gasteiger charge is -2.36. The lowest BCUT2D eigenvalue weighted by molar-refractivity contribution is 0.165. The van der Waals surface area contributed by atoms with E-state index in [0.717, 1.165) is 13.1 Å². The van der Waals surface area contributed by atoms with Gasteiger partial charge in [0, 0.05) is 18.6 Å². The van der Waals surface area contributed by atoms with Crippen molar-refractivity contribution < 1.29 is 0 Å². The van der Waals surface area contributed by atoms with Crippen LogP contribution in [0.15, 0.2) is 30.3 Å². The Balaban J connectivity index is 2.02. The minimum atomic E-state index is 0.408. The van der Waals surface area contributed by atoms with Crippen molar-refractivity contribution in [3.8, 4) is 0 Å². The SMILES string of the molecule is CCCNC1C(N(C)Cc2ccccc2)CCC1(C)C. The highest BCUT2D eigenvalue weighted by Gasteiger charge is 2.42. The molecule has 2 atom stereocenters. The minimum absolute atomic E-state index is 0.408. The number of hydrogen-bond acceptors (Lipinski definition) is 2. The highest BCUT2D eigenvalue weighted by atomic mass is 15.2. The summed E-state index contributed by atoms with van der Waals surface area (Å²) in [6.45, 7) is 9.25. The molecule has 1 saturated carbocycles. The molecule has 1 aliphatic carbocycles. The maximum atomic E-state index is 3.80. The molecule has 1 aliphatic rings. The zero-order valence-corrected chi connectivity index (χ0v) is 13.5. The summed E-state index contributed by atoms with van der Waals surface area (Å²) in [7, 11) is 2.28. The van der Waals surface area contributed by atoms with Crippen molar-refractivity contribution in [2.75, 3.05) is 13.6 Å². The van der Waals surface area contributed by atoms with Gasteiger partial charge in [-0.3, -0.25) is 4.90 Å². The number of benzene rings is 1. The molecule has 2 unspecified atom stereocenters. The molecule has 0 amide bonds. The van der Waals surface area contributed by atoms with E-state index in [4.69, 9.17) is 0 Å². The Kier molecular flexibility index (Phi) is 5.22. The Bertz CT molecular complexity index is 399. The van der Waals surface area contributed by atoms with Crippen molar-refractivity contribution >= 4 is 0 Å². The van der Waals surface area contributed by atoms with Gasteiger partial charge in [0.25, 0.3) is 0 Å².